The van der Waals surface area contributed by atoms with E-state index in [1.54, 1.807) is 0 Å². The quantitative estimate of drug-likeness (QED) is 0.200. The first-order valence-electron chi connectivity index (χ1n) is 10.5. The van der Waals surface area contributed by atoms with Gasteiger partial charge in [-0.15, -0.1) is 0 Å². The number of fused-ring (bicyclic) bond motifs is 10. The van der Waals surface area contributed by atoms with Gasteiger partial charge >= 0.3 is 0 Å². The third-order valence-electron chi connectivity index (χ3n) is 6.31. The van der Waals surface area contributed by atoms with Crippen LogP contribution in [0.15, 0.2) is 77.2 Å². The molecule has 33 heavy (non-hydrogen) atoms. The van der Waals surface area contributed by atoms with Gasteiger partial charge in [-0.25, -0.2) is 9.97 Å². The van der Waals surface area contributed by atoms with Crippen molar-refractivity contribution in [2.24, 2.45) is 0 Å². The first kappa shape index (κ1) is 17.7. The number of hydrogen-bond donors (Lipinski definition) is 0. The average Bonchev–Trinajstić information content (AvgIpc) is 3.23. The summed E-state index contributed by atoms with van der Waals surface area (Å²) in [6, 6.07) is 28.5. The zero-order valence-electron chi connectivity index (χ0n) is 17.1. The Morgan fingerprint density at radius 1 is 0.545 bits per heavy atom. The second-order valence-electron chi connectivity index (χ2n) is 8.08. The van der Waals surface area contributed by atoms with E-state index in [1.165, 1.54) is 0 Å². The second kappa shape index (κ2) is 6.26. The van der Waals surface area contributed by atoms with Gasteiger partial charge in [-0.3, -0.25) is 0 Å². The molecular weight excluding hydrogens is 408 g/mol. The zero-order chi connectivity index (χ0) is 22.1. The molecule has 5 heteroatoms. The van der Waals surface area contributed by atoms with Crippen molar-refractivity contribution < 1.29 is 4.42 Å². The maximum Gasteiger partial charge on any atom is 0.177 e. The normalized spacial score (nSPS) is 11.6. The number of nitrogens with zero attached hydrogens (tertiary/aromatic N) is 4. The highest BCUT2D eigenvalue weighted by atomic mass is 16.3. The van der Waals surface area contributed by atoms with Crippen LogP contribution in [-0.2, 0) is 0 Å². The van der Waals surface area contributed by atoms with Crippen LogP contribution in [0.5, 0.6) is 0 Å². The summed E-state index contributed by atoms with van der Waals surface area (Å²) in [5.74, 6) is 0. The summed E-state index contributed by atoms with van der Waals surface area (Å²) in [5.41, 5.74) is 2.81. The largest absolute Gasteiger partial charge is 0.456 e. The SMILES string of the molecule is N#Cc1nc2c3cc4ccccc4cc3c3cc4c(cc3c2nc1C#N)oc1ccccc14. The molecule has 0 bridgehead atoms. The Hall–Kier alpha value is -5.00. The van der Waals surface area contributed by atoms with Crippen LogP contribution >= 0.6 is 0 Å². The van der Waals surface area contributed by atoms with Gasteiger partial charge in [-0.2, -0.15) is 10.5 Å². The molecule has 0 aliphatic heterocycles. The van der Waals surface area contributed by atoms with E-state index in [9.17, 15) is 10.5 Å². The summed E-state index contributed by atoms with van der Waals surface area (Å²) in [6.07, 6.45) is 0. The number of nitriles is 2. The Balaban J connectivity index is 1.80. The first-order valence-corrected chi connectivity index (χ1v) is 10.5. The minimum atomic E-state index is 0.0242. The van der Waals surface area contributed by atoms with Crippen LogP contribution < -0.4 is 0 Å². The second-order valence-corrected chi connectivity index (χ2v) is 8.08. The van der Waals surface area contributed by atoms with Gasteiger partial charge < -0.3 is 4.42 Å². The lowest BCUT2D eigenvalue weighted by Crippen LogP contribution is -1.97. The molecular formula is C28H12N4O. The van der Waals surface area contributed by atoms with Gasteiger partial charge in [-0.05, 0) is 51.9 Å². The van der Waals surface area contributed by atoms with Crippen molar-refractivity contribution in [2.45, 2.75) is 0 Å². The van der Waals surface area contributed by atoms with Gasteiger partial charge in [0.2, 0.25) is 0 Å². The lowest BCUT2D eigenvalue weighted by atomic mass is 9.95. The zero-order valence-corrected chi connectivity index (χ0v) is 17.1. The molecule has 5 nitrogen and oxygen atoms in total. The maximum absolute atomic E-state index is 9.58. The van der Waals surface area contributed by atoms with Crippen LogP contribution in [0, 0.1) is 22.7 Å². The molecule has 0 fully saturated rings. The van der Waals surface area contributed by atoms with Crippen molar-refractivity contribution in [3.63, 3.8) is 0 Å². The van der Waals surface area contributed by atoms with Crippen molar-refractivity contribution in [1.82, 2.24) is 9.97 Å². The molecule has 0 aliphatic carbocycles. The fraction of sp³-hybridized carbons (Fsp3) is 0. The van der Waals surface area contributed by atoms with E-state index in [-0.39, 0.29) is 11.4 Å². The number of hydrogen-bond acceptors (Lipinski definition) is 5. The monoisotopic (exact) mass is 420 g/mol. The van der Waals surface area contributed by atoms with Crippen LogP contribution in [0.4, 0.5) is 0 Å². The van der Waals surface area contributed by atoms with Crippen LogP contribution in [0.2, 0.25) is 0 Å². The molecule has 5 aromatic carbocycles. The molecule has 0 aliphatic rings. The Kier molecular flexibility index (Phi) is 3.35. The Morgan fingerprint density at radius 3 is 1.82 bits per heavy atom. The smallest absolute Gasteiger partial charge is 0.177 e. The summed E-state index contributed by atoms with van der Waals surface area (Å²) in [4.78, 5) is 9.19. The summed E-state index contributed by atoms with van der Waals surface area (Å²) in [5, 5.41) is 27.2. The van der Waals surface area contributed by atoms with Crippen molar-refractivity contribution in [3.05, 3.63) is 84.2 Å². The van der Waals surface area contributed by atoms with Crippen molar-refractivity contribution in [1.29, 1.82) is 10.5 Å². The van der Waals surface area contributed by atoms with Crippen LogP contribution in [0.1, 0.15) is 11.4 Å². The molecule has 150 valence electrons. The summed E-state index contributed by atoms with van der Waals surface area (Å²) in [7, 11) is 0. The first-order chi connectivity index (χ1) is 16.2. The molecule has 7 aromatic rings. The molecule has 0 unspecified atom stereocenters. The van der Waals surface area contributed by atoms with E-state index >= 15 is 0 Å². The standard InChI is InChI=1S/C28H12N4O/c29-13-23-24(14-30)32-28-22-12-26-20(17-7-3-4-8-25(17)33-26)11-19(22)18-9-15-5-1-2-6-16(15)10-21(18)27(28)31-23/h1-12H. The van der Waals surface area contributed by atoms with Gasteiger partial charge in [0.05, 0.1) is 11.0 Å². The van der Waals surface area contributed by atoms with E-state index in [1.807, 2.05) is 48.5 Å². The molecule has 0 saturated heterocycles. The molecule has 2 aromatic heterocycles. The van der Waals surface area contributed by atoms with E-state index in [2.05, 4.69) is 46.4 Å². The summed E-state index contributed by atoms with van der Waals surface area (Å²) < 4.78 is 6.13. The average molecular weight is 420 g/mol. The highest BCUT2D eigenvalue weighted by Gasteiger charge is 2.18. The fourth-order valence-corrected chi connectivity index (χ4v) is 4.82. The topological polar surface area (TPSA) is 86.5 Å². The van der Waals surface area contributed by atoms with Gasteiger partial charge in [0, 0.05) is 21.5 Å². The van der Waals surface area contributed by atoms with Crippen LogP contribution in [-0.4, -0.2) is 9.97 Å². The Morgan fingerprint density at radius 2 is 1.12 bits per heavy atom. The number of para-hydroxylation sites is 1. The number of benzene rings is 5. The lowest BCUT2D eigenvalue weighted by Gasteiger charge is -2.11. The van der Waals surface area contributed by atoms with E-state index < -0.39 is 0 Å². The Bertz CT molecular complexity index is 2060. The number of aromatic nitrogens is 2. The van der Waals surface area contributed by atoms with Gasteiger partial charge in [0.1, 0.15) is 23.3 Å². The molecule has 0 saturated carbocycles. The van der Waals surface area contributed by atoms with Gasteiger partial charge in [-0.1, -0.05) is 42.5 Å². The summed E-state index contributed by atoms with van der Waals surface area (Å²) >= 11 is 0. The maximum atomic E-state index is 9.58. The van der Waals surface area contributed by atoms with Gasteiger partial charge in [0.15, 0.2) is 11.4 Å². The van der Waals surface area contributed by atoms with E-state index in [0.717, 1.165) is 54.3 Å². The molecule has 0 spiro atoms. The predicted molar refractivity (Wildman–Crippen MR) is 129 cm³/mol. The van der Waals surface area contributed by atoms with Gasteiger partial charge in [0.25, 0.3) is 0 Å². The summed E-state index contributed by atoms with van der Waals surface area (Å²) in [6.45, 7) is 0. The third kappa shape index (κ3) is 2.34. The molecule has 0 atom stereocenters. The lowest BCUT2D eigenvalue weighted by molar-refractivity contribution is 0.669. The number of rotatable bonds is 0. The van der Waals surface area contributed by atoms with E-state index in [0.29, 0.717) is 11.0 Å². The molecule has 0 amide bonds. The molecule has 0 radical (unpaired) electrons. The van der Waals surface area contributed by atoms with Crippen LogP contribution in [0.3, 0.4) is 0 Å². The number of furan rings is 1. The minimum Gasteiger partial charge on any atom is -0.456 e. The highest BCUT2D eigenvalue weighted by Crippen LogP contribution is 2.40. The molecule has 0 N–H and O–H groups in total. The van der Waals surface area contributed by atoms with Crippen molar-refractivity contribution in [2.75, 3.05) is 0 Å². The molecule has 2 heterocycles. The fourth-order valence-electron chi connectivity index (χ4n) is 4.82. The van der Waals surface area contributed by atoms with E-state index in [4.69, 9.17) is 4.42 Å². The van der Waals surface area contributed by atoms with Crippen molar-refractivity contribution in [3.8, 4) is 12.1 Å². The third-order valence-corrected chi connectivity index (χ3v) is 6.31. The van der Waals surface area contributed by atoms with Crippen molar-refractivity contribution >= 4 is 65.3 Å². The highest BCUT2D eigenvalue weighted by molar-refractivity contribution is 6.28. The minimum absolute atomic E-state index is 0.0242. The van der Waals surface area contributed by atoms with Crippen LogP contribution in [0.25, 0.3) is 65.3 Å². The predicted octanol–water partition coefficient (Wildman–Crippen LogP) is 6.73. The Labute approximate surface area is 186 Å². The molecule has 7 rings (SSSR count).